The summed E-state index contributed by atoms with van der Waals surface area (Å²) in [5.74, 6) is -0.117. The molecule has 1 N–H and O–H groups in total. The van der Waals surface area contributed by atoms with E-state index in [2.05, 4.69) is 0 Å². The van der Waals surface area contributed by atoms with Gasteiger partial charge in [-0.1, -0.05) is 20.3 Å². The van der Waals surface area contributed by atoms with Gasteiger partial charge in [0, 0.05) is 21.3 Å². The largest absolute Gasteiger partial charge is 0.383 e. The first-order valence-corrected chi connectivity index (χ1v) is 9.24. The van der Waals surface area contributed by atoms with Crippen LogP contribution < -0.4 is 0 Å². The lowest BCUT2D eigenvalue weighted by molar-refractivity contribution is -0.115. The number of carbonyl (C=O) groups is 1. The number of nitrogens with zero attached hydrogens (tertiary/aromatic N) is 1. The van der Waals surface area contributed by atoms with E-state index in [1.54, 1.807) is 6.08 Å². The van der Waals surface area contributed by atoms with E-state index in [1.807, 2.05) is 20.8 Å². The Labute approximate surface area is 139 Å². The molecule has 0 aromatic rings. The predicted molar refractivity (Wildman–Crippen MR) is 91.2 cm³/mol. The quantitative estimate of drug-likeness (QED) is 0.585. The lowest BCUT2D eigenvalue weighted by Crippen LogP contribution is -2.61. The van der Waals surface area contributed by atoms with Gasteiger partial charge in [0.15, 0.2) is 5.78 Å². The molecule has 1 aliphatic rings. The molecule has 0 radical (unpaired) electrons. The number of aliphatic hydroxyl groups is 1. The maximum atomic E-state index is 11.5. The summed E-state index contributed by atoms with van der Waals surface area (Å²) in [6.45, 7) is 7.29. The summed E-state index contributed by atoms with van der Waals surface area (Å²) in [5, 5.41) is 11.5. The molecule has 1 rings (SSSR count). The van der Waals surface area contributed by atoms with Crippen LogP contribution in [0.3, 0.4) is 0 Å². The van der Waals surface area contributed by atoms with Crippen molar-refractivity contribution >= 4 is 13.5 Å². The van der Waals surface area contributed by atoms with Crippen molar-refractivity contribution in [2.75, 3.05) is 21.3 Å². The molecule has 1 fully saturated rings. The van der Waals surface area contributed by atoms with Crippen LogP contribution in [0.1, 0.15) is 47.0 Å². The molecule has 7 heteroatoms. The van der Waals surface area contributed by atoms with E-state index in [9.17, 15) is 9.90 Å². The molecule has 2 atom stereocenters. The number of hydrogen-bond donors (Lipinski definition) is 1. The van der Waals surface area contributed by atoms with Crippen molar-refractivity contribution in [3.8, 4) is 0 Å². The number of rotatable bonds is 6. The highest BCUT2D eigenvalue weighted by Crippen LogP contribution is 2.59. The van der Waals surface area contributed by atoms with Gasteiger partial charge in [0.05, 0.1) is 5.54 Å². The number of ketones is 1. The van der Waals surface area contributed by atoms with Crippen molar-refractivity contribution in [3.63, 3.8) is 0 Å². The molecule has 0 heterocycles. The van der Waals surface area contributed by atoms with Gasteiger partial charge in [0.25, 0.3) is 0 Å². The second-order valence-electron chi connectivity index (χ2n) is 6.84. The first kappa shape index (κ1) is 20.5. The summed E-state index contributed by atoms with van der Waals surface area (Å²) < 4.78 is 20.9. The van der Waals surface area contributed by atoms with Crippen LogP contribution in [0.5, 0.6) is 0 Å². The SMILES string of the molecule is COP(=NC1(C)CCCC(C)(C)C1(O)/C=C/C(C)=O)(OC)OC. The van der Waals surface area contributed by atoms with Crippen molar-refractivity contribution < 1.29 is 23.5 Å². The normalized spacial score (nSPS) is 31.3. The Morgan fingerprint density at radius 3 is 2.09 bits per heavy atom. The molecular formula is C16H30NO5P. The summed E-state index contributed by atoms with van der Waals surface area (Å²) in [5.41, 5.74) is -2.67. The van der Waals surface area contributed by atoms with E-state index in [4.69, 9.17) is 18.3 Å². The summed E-state index contributed by atoms with van der Waals surface area (Å²) >= 11 is 0. The third kappa shape index (κ3) is 3.77. The standard InChI is InChI=1S/C16H30NO5P/c1-13(18)9-12-16(19)14(2,3)10-8-11-15(16,4)17-23(20-5,21-6)22-7/h9,12,19H,8,10-11H2,1-7H3/b12-9+. The van der Waals surface area contributed by atoms with Crippen LogP contribution in [0.25, 0.3) is 0 Å². The third-order valence-electron chi connectivity index (χ3n) is 4.91. The van der Waals surface area contributed by atoms with Crippen LogP contribution in [0.4, 0.5) is 0 Å². The highest BCUT2D eigenvalue weighted by Gasteiger charge is 2.58. The zero-order valence-electron chi connectivity index (χ0n) is 15.3. The molecule has 0 aromatic heterocycles. The number of carbonyl (C=O) groups excluding carboxylic acids is 1. The second-order valence-corrected chi connectivity index (χ2v) is 9.07. The molecule has 0 aromatic carbocycles. The molecule has 0 spiro atoms. The van der Waals surface area contributed by atoms with Crippen LogP contribution in [0.2, 0.25) is 0 Å². The molecule has 1 saturated carbocycles. The average molecular weight is 347 g/mol. The monoisotopic (exact) mass is 347 g/mol. The minimum absolute atomic E-state index is 0.117. The Morgan fingerprint density at radius 1 is 1.13 bits per heavy atom. The van der Waals surface area contributed by atoms with Crippen LogP contribution in [-0.4, -0.2) is 43.4 Å². The molecule has 6 nitrogen and oxygen atoms in total. The van der Waals surface area contributed by atoms with E-state index in [0.29, 0.717) is 6.42 Å². The summed E-state index contributed by atoms with van der Waals surface area (Å²) in [6.07, 6.45) is 5.36. The fourth-order valence-electron chi connectivity index (χ4n) is 3.37. The summed E-state index contributed by atoms with van der Waals surface area (Å²) in [6, 6.07) is 0. The van der Waals surface area contributed by atoms with Crippen molar-refractivity contribution in [1.29, 1.82) is 0 Å². The maximum absolute atomic E-state index is 11.5. The third-order valence-corrected chi connectivity index (χ3v) is 6.98. The molecule has 1 aliphatic carbocycles. The Balaban J connectivity index is 3.55. The van der Waals surface area contributed by atoms with Crippen LogP contribution in [-0.2, 0) is 18.4 Å². The molecule has 23 heavy (non-hydrogen) atoms. The lowest BCUT2D eigenvalue weighted by atomic mass is 9.57. The van der Waals surface area contributed by atoms with Gasteiger partial charge in [0.1, 0.15) is 5.60 Å². The Bertz CT molecular complexity index is 512. The maximum Gasteiger partial charge on any atom is 0.355 e. The Hall–Kier alpha value is -0.520. The average Bonchev–Trinajstić information content (AvgIpc) is 2.48. The van der Waals surface area contributed by atoms with Gasteiger partial charge in [-0.3, -0.25) is 4.79 Å². The van der Waals surface area contributed by atoms with E-state index in [0.717, 1.165) is 12.8 Å². The van der Waals surface area contributed by atoms with E-state index < -0.39 is 24.3 Å². The summed E-state index contributed by atoms with van der Waals surface area (Å²) in [4.78, 5) is 11.4. The topological polar surface area (TPSA) is 77.4 Å². The van der Waals surface area contributed by atoms with E-state index >= 15 is 0 Å². The Morgan fingerprint density at radius 2 is 1.65 bits per heavy atom. The number of allylic oxidation sites excluding steroid dienone is 1. The lowest BCUT2D eigenvalue weighted by Gasteiger charge is -2.54. The molecule has 0 bridgehead atoms. The number of hydrogen-bond acceptors (Lipinski definition) is 6. The minimum atomic E-state index is -2.91. The molecule has 0 aliphatic heterocycles. The van der Waals surface area contributed by atoms with Gasteiger partial charge in [-0.2, -0.15) is 0 Å². The first-order valence-electron chi connectivity index (χ1n) is 7.74. The molecule has 134 valence electrons. The highest BCUT2D eigenvalue weighted by atomic mass is 31.2. The van der Waals surface area contributed by atoms with Gasteiger partial charge in [-0.25, -0.2) is 4.74 Å². The molecule has 0 saturated heterocycles. The van der Waals surface area contributed by atoms with Gasteiger partial charge in [-0.15, -0.1) is 0 Å². The zero-order valence-corrected chi connectivity index (χ0v) is 16.1. The van der Waals surface area contributed by atoms with Crippen molar-refractivity contribution in [1.82, 2.24) is 0 Å². The molecule has 0 amide bonds. The van der Waals surface area contributed by atoms with E-state index in [-0.39, 0.29) is 5.78 Å². The van der Waals surface area contributed by atoms with Gasteiger partial charge < -0.3 is 18.7 Å². The van der Waals surface area contributed by atoms with Crippen molar-refractivity contribution in [3.05, 3.63) is 12.2 Å². The fourth-order valence-corrected chi connectivity index (χ4v) is 4.86. The van der Waals surface area contributed by atoms with E-state index in [1.165, 1.54) is 34.3 Å². The summed E-state index contributed by atoms with van der Waals surface area (Å²) in [7, 11) is 1.52. The van der Waals surface area contributed by atoms with Crippen molar-refractivity contribution in [2.24, 2.45) is 10.2 Å². The zero-order chi connectivity index (χ0) is 17.9. The predicted octanol–water partition coefficient (Wildman–Crippen LogP) is 3.72. The Kier molecular flexibility index (Phi) is 6.39. The van der Waals surface area contributed by atoms with Gasteiger partial charge >= 0.3 is 7.74 Å². The minimum Gasteiger partial charge on any atom is -0.383 e. The molecule has 2 unspecified atom stereocenters. The first-order chi connectivity index (χ1) is 10.5. The van der Waals surface area contributed by atoms with Crippen LogP contribution in [0.15, 0.2) is 16.9 Å². The molecular weight excluding hydrogens is 317 g/mol. The van der Waals surface area contributed by atoms with Crippen LogP contribution >= 0.6 is 7.74 Å². The highest BCUT2D eigenvalue weighted by molar-refractivity contribution is 7.51. The fraction of sp³-hybridized carbons (Fsp3) is 0.812. The van der Waals surface area contributed by atoms with Gasteiger partial charge in [0.2, 0.25) is 0 Å². The van der Waals surface area contributed by atoms with Gasteiger partial charge in [-0.05, 0) is 44.3 Å². The van der Waals surface area contributed by atoms with Crippen LogP contribution in [0, 0.1) is 5.41 Å². The smallest absolute Gasteiger partial charge is 0.355 e. The second kappa shape index (κ2) is 7.16. The van der Waals surface area contributed by atoms with Crippen molar-refractivity contribution in [2.45, 2.75) is 58.1 Å².